The maximum absolute atomic E-state index is 12.3. The van der Waals surface area contributed by atoms with Gasteiger partial charge in [0.05, 0.1) is 16.7 Å². The summed E-state index contributed by atoms with van der Waals surface area (Å²) in [4.78, 5) is 25.0. The topological polar surface area (TPSA) is 107 Å². The Morgan fingerprint density at radius 2 is 2.04 bits per heavy atom. The van der Waals surface area contributed by atoms with Gasteiger partial charge in [-0.25, -0.2) is 4.79 Å². The number of aromatic nitrogens is 2. The smallest absolute Gasteiger partial charge is 0.338 e. The van der Waals surface area contributed by atoms with Gasteiger partial charge in [-0.2, -0.15) is 0 Å². The first-order valence-corrected chi connectivity index (χ1v) is 9.05. The van der Waals surface area contributed by atoms with E-state index >= 15 is 0 Å². The van der Waals surface area contributed by atoms with E-state index in [1.54, 1.807) is 42.5 Å². The van der Waals surface area contributed by atoms with Crippen molar-refractivity contribution in [1.82, 2.24) is 10.2 Å². The van der Waals surface area contributed by atoms with Crippen LogP contribution in [0.15, 0.2) is 69.0 Å². The number of ether oxygens (including phenoxy) is 1. The van der Waals surface area contributed by atoms with Crippen molar-refractivity contribution in [3.8, 4) is 11.7 Å². The normalized spacial score (nSPS) is 10.6. The SMILES string of the molecule is O=C(OCc1nnc(-c2ccco2)o1)c1cccc(NC(=O)c2cccs2)c1. The minimum absolute atomic E-state index is 0.141. The van der Waals surface area contributed by atoms with E-state index in [1.807, 2.05) is 5.38 Å². The number of amides is 1. The number of nitrogens with one attached hydrogen (secondary N) is 1. The molecule has 9 heteroatoms. The molecule has 28 heavy (non-hydrogen) atoms. The van der Waals surface area contributed by atoms with Crippen LogP contribution in [-0.2, 0) is 11.3 Å². The molecule has 0 saturated carbocycles. The Kier molecular flexibility index (Phi) is 4.98. The van der Waals surface area contributed by atoms with E-state index in [4.69, 9.17) is 13.6 Å². The van der Waals surface area contributed by atoms with Crippen LogP contribution in [-0.4, -0.2) is 22.1 Å². The van der Waals surface area contributed by atoms with Crippen molar-refractivity contribution >= 4 is 28.9 Å². The molecule has 0 saturated heterocycles. The fourth-order valence-corrected chi connectivity index (χ4v) is 2.97. The van der Waals surface area contributed by atoms with Crippen LogP contribution in [0, 0.1) is 0 Å². The molecule has 3 heterocycles. The Hall–Kier alpha value is -3.72. The summed E-state index contributed by atoms with van der Waals surface area (Å²) in [6.45, 7) is -0.182. The fraction of sp³-hybridized carbons (Fsp3) is 0.0526. The number of nitrogens with zero attached hydrogens (tertiary/aromatic N) is 2. The van der Waals surface area contributed by atoms with Gasteiger partial charge in [-0.15, -0.1) is 21.5 Å². The lowest BCUT2D eigenvalue weighted by Crippen LogP contribution is -2.11. The molecule has 140 valence electrons. The first kappa shape index (κ1) is 17.7. The molecule has 0 fully saturated rings. The molecule has 0 aliphatic carbocycles. The molecule has 0 spiro atoms. The number of hydrogen-bond donors (Lipinski definition) is 1. The second-order valence-corrected chi connectivity index (χ2v) is 6.51. The lowest BCUT2D eigenvalue weighted by molar-refractivity contribution is 0.0438. The highest BCUT2D eigenvalue weighted by Crippen LogP contribution is 2.19. The first-order chi connectivity index (χ1) is 13.7. The van der Waals surface area contributed by atoms with Crippen LogP contribution < -0.4 is 5.32 Å². The lowest BCUT2D eigenvalue weighted by atomic mass is 10.2. The molecule has 3 aromatic heterocycles. The fourth-order valence-electron chi connectivity index (χ4n) is 2.35. The van der Waals surface area contributed by atoms with E-state index < -0.39 is 5.97 Å². The van der Waals surface area contributed by atoms with Crippen LogP contribution in [0.5, 0.6) is 0 Å². The third-order valence-corrected chi connectivity index (χ3v) is 4.50. The Balaban J connectivity index is 1.38. The number of benzene rings is 1. The number of carbonyl (C=O) groups is 2. The third-order valence-electron chi connectivity index (χ3n) is 3.63. The monoisotopic (exact) mass is 395 g/mol. The summed E-state index contributed by atoms with van der Waals surface area (Å²) in [6, 6.07) is 13.4. The molecule has 0 bridgehead atoms. The summed E-state index contributed by atoms with van der Waals surface area (Å²) in [5.41, 5.74) is 0.778. The number of furan rings is 1. The molecular formula is C19H13N3O5S. The zero-order valence-electron chi connectivity index (χ0n) is 14.3. The molecule has 0 radical (unpaired) electrons. The quantitative estimate of drug-likeness (QED) is 0.492. The van der Waals surface area contributed by atoms with Crippen LogP contribution in [0.3, 0.4) is 0 Å². The van der Waals surface area contributed by atoms with Gasteiger partial charge in [0.1, 0.15) is 0 Å². The maximum atomic E-state index is 12.3. The van der Waals surface area contributed by atoms with Crippen molar-refractivity contribution in [1.29, 1.82) is 0 Å². The highest BCUT2D eigenvalue weighted by molar-refractivity contribution is 7.12. The standard InChI is InChI=1S/C19H13N3O5S/c23-17(15-7-3-9-28-15)20-13-5-1-4-12(10-13)19(24)26-11-16-21-22-18(27-16)14-6-2-8-25-14/h1-10H,11H2,(H,20,23). The second-order valence-electron chi connectivity index (χ2n) is 5.57. The van der Waals surface area contributed by atoms with Gasteiger partial charge in [0.2, 0.25) is 0 Å². The minimum Gasteiger partial charge on any atom is -0.459 e. The van der Waals surface area contributed by atoms with Crippen LogP contribution in [0.25, 0.3) is 11.7 Å². The summed E-state index contributed by atoms with van der Waals surface area (Å²) in [5.74, 6) is -0.0442. The average Bonchev–Trinajstić information content (AvgIpc) is 3.48. The Morgan fingerprint density at radius 1 is 1.11 bits per heavy atom. The van der Waals surface area contributed by atoms with E-state index in [0.717, 1.165) is 0 Å². The summed E-state index contributed by atoms with van der Waals surface area (Å²) in [6.07, 6.45) is 1.49. The number of hydrogen-bond acceptors (Lipinski definition) is 8. The van der Waals surface area contributed by atoms with Crippen LogP contribution in [0.1, 0.15) is 25.9 Å². The summed E-state index contributed by atoms with van der Waals surface area (Å²) in [5, 5.41) is 12.2. The molecule has 0 aliphatic heterocycles. The Morgan fingerprint density at radius 3 is 2.82 bits per heavy atom. The Bertz CT molecular complexity index is 1090. The molecule has 4 aromatic rings. The molecular weight excluding hydrogens is 382 g/mol. The van der Waals surface area contributed by atoms with E-state index in [2.05, 4.69) is 15.5 Å². The largest absolute Gasteiger partial charge is 0.459 e. The molecule has 8 nitrogen and oxygen atoms in total. The zero-order valence-corrected chi connectivity index (χ0v) is 15.1. The number of anilines is 1. The van der Waals surface area contributed by atoms with Crippen LogP contribution in [0.2, 0.25) is 0 Å². The average molecular weight is 395 g/mol. The van der Waals surface area contributed by atoms with Gasteiger partial charge in [0.15, 0.2) is 12.4 Å². The molecule has 4 rings (SSSR count). The van der Waals surface area contributed by atoms with Crippen molar-refractivity contribution in [3.63, 3.8) is 0 Å². The van der Waals surface area contributed by atoms with E-state index in [0.29, 0.717) is 16.3 Å². The number of thiophene rings is 1. The zero-order chi connectivity index (χ0) is 19.3. The molecule has 1 amide bonds. The summed E-state index contributed by atoms with van der Waals surface area (Å²) < 4.78 is 15.7. The van der Waals surface area contributed by atoms with Crippen molar-refractivity contribution < 1.29 is 23.2 Å². The van der Waals surface area contributed by atoms with E-state index in [9.17, 15) is 9.59 Å². The molecule has 0 aliphatic rings. The minimum atomic E-state index is -0.579. The maximum Gasteiger partial charge on any atom is 0.338 e. The number of carbonyl (C=O) groups excluding carboxylic acids is 2. The van der Waals surface area contributed by atoms with Gasteiger partial charge < -0.3 is 18.9 Å². The van der Waals surface area contributed by atoms with Crippen molar-refractivity contribution in [2.75, 3.05) is 5.32 Å². The second kappa shape index (κ2) is 7.89. The highest BCUT2D eigenvalue weighted by atomic mass is 32.1. The molecule has 1 aromatic carbocycles. The van der Waals surface area contributed by atoms with Gasteiger partial charge in [0, 0.05) is 5.69 Å². The first-order valence-electron chi connectivity index (χ1n) is 8.17. The number of rotatable bonds is 6. The van der Waals surface area contributed by atoms with Gasteiger partial charge in [-0.1, -0.05) is 12.1 Å². The lowest BCUT2D eigenvalue weighted by Gasteiger charge is -2.06. The van der Waals surface area contributed by atoms with Crippen molar-refractivity contribution in [2.24, 2.45) is 0 Å². The Labute approximate surface area is 162 Å². The molecule has 0 unspecified atom stereocenters. The van der Waals surface area contributed by atoms with Gasteiger partial charge in [0.25, 0.3) is 17.7 Å². The third kappa shape index (κ3) is 3.99. The van der Waals surface area contributed by atoms with Crippen LogP contribution >= 0.6 is 11.3 Å². The predicted octanol–water partition coefficient (Wildman–Crippen LogP) is 4.00. The summed E-state index contributed by atoms with van der Waals surface area (Å²) in [7, 11) is 0. The van der Waals surface area contributed by atoms with Crippen molar-refractivity contribution in [2.45, 2.75) is 6.61 Å². The van der Waals surface area contributed by atoms with Gasteiger partial charge in [-0.05, 0) is 41.8 Å². The van der Waals surface area contributed by atoms with Crippen LogP contribution in [0.4, 0.5) is 5.69 Å². The summed E-state index contributed by atoms with van der Waals surface area (Å²) >= 11 is 1.33. The van der Waals surface area contributed by atoms with Gasteiger partial charge >= 0.3 is 5.97 Å². The highest BCUT2D eigenvalue weighted by Gasteiger charge is 2.14. The van der Waals surface area contributed by atoms with Crippen molar-refractivity contribution in [3.05, 3.63) is 76.5 Å². The number of esters is 1. The van der Waals surface area contributed by atoms with Gasteiger partial charge in [-0.3, -0.25) is 4.79 Å². The molecule has 1 N–H and O–H groups in total. The molecule has 0 atom stereocenters. The van der Waals surface area contributed by atoms with E-state index in [1.165, 1.54) is 23.7 Å². The predicted molar refractivity (Wildman–Crippen MR) is 99.8 cm³/mol. The van der Waals surface area contributed by atoms with E-state index in [-0.39, 0.29) is 29.9 Å².